The normalized spacial score (nSPS) is 12.4. The van der Waals surface area contributed by atoms with Crippen LogP contribution in [0.25, 0.3) is 17.1 Å². The van der Waals surface area contributed by atoms with Crippen LogP contribution >= 0.6 is 27.7 Å². The first-order chi connectivity index (χ1) is 19.2. The van der Waals surface area contributed by atoms with E-state index >= 15 is 0 Å². The van der Waals surface area contributed by atoms with Gasteiger partial charge in [0, 0.05) is 11.3 Å². The zero-order valence-corrected chi connectivity index (χ0v) is 23.8. The van der Waals surface area contributed by atoms with Gasteiger partial charge in [0.2, 0.25) is 0 Å². The number of aliphatic imine (C=N–C) groups is 1. The molecule has 7 nitrogen and oxygen atoms in total. The average Bonchev–Trinajstić information content (AvgIpc) is 3.41. The van der Waals surface area contributed by atoms with Crippen molar-refractivity contribution in [1.82, 2.24) is 20.2 Å². The first-order valence-corrected chi connectivity index (χ1v) is 13.8. The number of hydrogen-bond donors (Lipinski definition) is 1. The lowest BCUT2D eigenvalue weighted by Crippen LogP contribution is -2.17. The fourth-order valence-corrected chi connectivity index (χ4v) is 4.59. The van der Waals surface area contributed by atoms with E-state index in [1.165, 1.54) is 47.0 Å². The molecule has 0 saturated heterocycles. The average molecular weight is 630 g/mol. The molecular formula is C28H24BrF3N6OS. The number of hydrogen-bond acceptors (Lipinski definition) is 6. The number of hydrazone groups is 1. The molecule has 0 spiro atoms. The van der Waals surface area contributed by atoms with Crippen molar-refractivity contribution in [2.75, 3.05) is 5.75 Å². The van der Waals surface area contributed by atoms with Crippen LogP contribution in [0.15, 0.2) is 94.2 Å². The van der Waals surface area contributed by atoms with Gasteiger partial charge in [0.25, 0.3) is 0 Å². The maximum Gasteiger partial charge on any atom is 0.573 e. The van der Waals surface area contributed by atoms with Gasteiger partial charge in [-0.05, 0) is 59.8 Å². The maximum atomic E-state index is 12.4. The van der Waals surface area contributed by atoms with E-state index in [1.54, 1.807) is 6.21 Å². The topological polar surface area (TPSA) is 76.7 Å². The molecule has 4 rings (SSSR count). The second-order valence-electron chi connectivity index (χ2n) is 8.38. The van der Waals surface area contributed by atoms with Crippen molar-refractivity contribution in [3.63, 3.8) is 0 Å². The van der Waals surface area contributed by atoms with Crippen LogP contribution in [-0.4, -0.2) is 38.3 Å². The Morgan fingerprint density at radius 3 is 2.40 bits per heavy atom. The summed E-state index contributed by atoms with van der Waals surface area (Å²) in [6.45, 7) is 4.05. The number of para-hydroxylation sites is 1. The summed E-state index contributed by atoms with van der Waals surface area (Å²) in [7, 11) is 0. The summed E-state index contributed by atoms with van der Waals surface area (Å²) >= 11 is 4.82. The van der Waals surface area contributed by atoms with Gasteiger partial charge in [-0.3, -0.25) is 5.43 Å². The second-order valence-corrected chi connectivity index (χ2v) is 9.91. The summed E-state index contributed by atoms with van der Waals surface area (Å²) in [5.41, 5.74) is 8.30. The van der Waals surface area contributed by atoms with Gasteiger partial charge in [-0.1, -0.05) is 76.2 Å². The fourth-order valence-electron chi connectivity index (χ4n) is 3.54. The first kappa shape index (κ1) is 29.1. The SMILES string of the molecule is Cc1cccc(C)c1/N=C(/N/N=C/c1ccc(-c2ncn(-c3ccc(OC(F)(F)F)cc3)n2)cc1)SC/C=C/Br. The monoisotopic (exact) mass is 628 g/mol. The molecule has 0 bridgehead atoms. The van der Waals surface area contributed by atoms with Crippen LogP contribution in [0.2, 0.25) is 0 Å². The lowest BCUT2D eigenvalue weighted by molar-refractivity contribution is -0.274. The van der Waals surface area contributed by atoms with Crippen molar-refractivity contribution >= 4 is 44.8 Å². The Bertz CT molecular complexity index is 1500. The third-order valence-electron chi connectivity index (χ3n) is 5.43. The number of nitrogens with zero attached hydrogens (tertiary/aromatic N) is 5. The molecule has 1 N–H and O–H groups in total. The molecule has 1 heterocycles. The minimum Gasteiger partial charge on any atom is -0.406 e. The highest BCUT2D eigenvalue weighted by atomic mass is 79.9. The smallest absolute Gasteiger partial charge is 0.406 e. The second kappa shape index (κ2) is 13.4. The number of benzene rings is 3. The molecule has 0 saturated carbocycles. The predicted octanol–water partition coefficient (Wildman–Crippen LogP) is 7.70. The molecule has 0 amide bonds. The summed E-state index contributed by atoms with van der Waals surface area (Å²) < 4.78 is 42.5. The van der Waals surface area contributed by atoms with Crippen LogP contribution in [-0.2, 0) is 0 Å². The highest BCUT2D eigenvalue weighted by molar-refractivity contribution is 9.11. The number of thioether (sulfide) groups is 1. The van der Waals surface area contributed by atoms with E-state index < -0.39 is 6.36 Å². The Morgan fingerprint density at radius 1 is 1.05 bits per heavy atom. The first-order valence-electron chi connectivity index (χ1n) is 11.9. The molecule has 0 aliphatic carbocycles. The minimum absolute atomic E-state index is 0.304. The van der Waals surface area contributed by atoms with Gasteiger partial charge in [0.15, 0.2) is 11.0 Å². The number of aryl methyl sites for hydroxylation is 2. The number of ether oxygens (including phenoxy) is 1. The number of nitrogens with one attached hydrogen (secondary N) is 1. The molecule has 0 fully saturated rings. The lowest BCUT2D eigenvalue weighted by atomic mass is 10.1. The number of alkyl halides is 3. The molecule has 3 aromatic carbocycles. The van der Waals surface area contributed by atoms with Crippen LogP contribution in [0.5, 0.6) is 5.75 Å². The molecule has 12 heteroatoms. The summed E-state index contributed by atoms with van der Waals surface area (Å²) in [5.74, 6) is 0.884. The lowest BCUT2D eigenvalue weighted by Gasteiger charge is -2.09. The van der Waals surface area contributed by atoms with Gasteiger partial charge in [-0.25, -0.2) is 14.7 Å². The van der Waals surface area contributed by atoms with Crippen molar-refractivity contribution < 1.29 is 17.9 Å². The minimum atomic E-state index is -4.74. The Labute approximate surface area is 242 Å². The van der Waals surface area contributed by atoms with Crippen molar-refractivity contribution in [3.8, 4) is 22.8 Å². The molecule has 206 valence electrons. The van der Waals surface area contributed by atoms with E-state index in [2.05, 4.69) is 41.3 Å². The van der Waals surface area contributed by atoms with E-state index in [-0.39, 0.29) is 5.75 Å². The van der Waals surface area contributed by atoms with E-state index in [1.807, 2.05) is 67.4 Å². The van der Waals surface area contributed by atoms with Crippen LogP contribution in [0.1, 0.15) is 16.7 Å². The Kier molecular flexibility index (Phi) is 9.78. The van der Waals surface area contributed by atoms with Gasteiger partial charge >= 0.3 is 6.36 Å². The predicted molar refractivity (Wildman–Crippen MR) is 158 cm³/mol. The summed E-state index contributed by atoms with van der Waals surface area (Å²) in [6.07, 6.45) is 0.422. The van der Waals surface area contributed by atoms with E-state index in [0.717, 1.165) is 33.7 Å². The van der Waals surface area contributed by atoms with Crippen molar-refractivity contribution in [2.45, 2.75) is 20.2 Å². The molecule has 1 aromatic heterocycles. The molecule has 0 aliphatic heterocycles. The van der Waals surface area contributed by atoms with Crippen LogP contribution in [0, 0.1) is 13.8 Å². The number of rotatable bonds is 8. The van der Waals surface area contributed by atoms with Gasteiger partial charge in [-0.15, -0.1) is 18.3 Å². The van der Waals surface area contributed by atoms with E-state index in [9.17, 15) is 13.2 Å². The summed E-state index contributed by atoms with van der Waals surface area (Å²) in [5, 5.41) is 9.47. The Hall–Kier alpha value is -3.90. The van der Waals surface area contributed by atoms with Crippen LogP contribution < -0.4 is 10.2 Å². The van der Waals surface area contributed by atoms with Gasteiger partial charge < -0.3 is 4.74 Å². The van der Waals surface area contributed by atoms with E-state index in [4.69, 9.17) is 4.99 Å². The van der Waals surface area contributed by atoms with Crippen molar-refractivity contribution in [2.24, 2.45) is 10.1 Å². The number of amidine groups is 1. The molecule has 4 aromatic rings. The highest BCUT2D eigenvalue weighted by Crippen LogP contribution is 2.25. The molecule has 40 heavy (non-hydrogen) atoms. The molecule has 0 aliphatic rings. The molecule has 0 unspecified atom stereocenters. The summed E-state index contributed by atoms with van der Waals surface area (Å²) in [4.78, 5) is 10.9. The zero-order chi connectivity index (χ0) is 28.5. The maximum absolute atomic E-state index is 12.4. The molecule has 0 atom stereocenters. The zero-order valence-electron chi connectivity index (χ0n) is 21.4. The molecule has 0 radical (unpaired) electrons. The van der Waals surface area contributed by atoms with E-state index in [0.29, 0.717) is 16.7 Å². The number of halogens is 4. The van der Waals surface area contributed by atoms with Gasteiger partial charge in [0.05, 0.1) is 17.6 Å². The molecular weight excluding hydrogens is 605 g/mol. The van der Waals surface area contributed by atoms with Crippen molar-refractivity contribution in [1.29, 1.82) is 0 Å². The van der Waals surface area contributed by atoms with Gasteiger partial charge in [-0.2, -0.15) is 5.10 Å². The third-order valence-corrected chi connectivity index (χ3v) is 6.62. The quantitative estimate of drug-likeness (QED) is 0.123. The van der Waals surface area contributed by atoms with Crippen LogP contribution in [0.4, 0.5) is 18.9 Å². The fraction of sp³-hybridized carbons (Fsp3) is 0.143. The standard InChI is InChI=1S/C28H24BrF3N6OS/c1-19-5-3-6-20(2)25(19)35-27(40-16-4-15-29)36-34-17-21-7-9-22(10-8-21)26-33-18-38(37-26)23-11-13-24(14-12-23)39-28(30,31)32/h3-15,17-18H,16H2,1-2H3,(H,35,36)/b15-4+,34-17+. The third kappa shape index (κ3) is 8.30. The Balaban J connectivity index is 1.42. The number of aromatic nitrogens is 3. The summed E-state index contributed by atoms with van der Waals surface area (Å²) in [6, 6.07) is 18.9. The van der Waals surface area contributed by atoms with Crippen molar-refractivity contribution in [3.05, 3.63) is 101 Å². The largest absolute Gasteiger partial charge is 0.573 e. The Morgan fingerprint density at radius 2 is 1.75 bits per heavy atom. The van der Waals surface area contributed by atoms with Gasteiger partial charge in [0.1, 0.15) is 12.1 Å². The highest BCUT2D eigenvalue weighted by Gasteiger charge is 2.31. The van der Waals surface area contributed by atoms with Crippen LogP contribution in [0.3, 0.4) is 0 Å².